The summed E-state index contributed by atoms with van der Waals surface area (Å²) in [5.41, 5.74) is 1.43. The van der Waals surface area contributed by atoms with Gasteiger partial charge in [-0.2, -0.15) is 0 Å². The second-order valence-electron chi connectivity index (χ2n) is 5.87. The Balaban J connectivity index is 2.70. The highest BCUT2D eigenvalue weighted by atomic mass is 16.2. The van der Waals surface area contributed by atoms with Gasteiger partial charge in [-0.3, -0.25) is 9.59 Å². The molecule has 1 N–H and O–H groups in total. The molecular weight excluding hydrogens is 288 g/mol. The third-order valence-electron chi connectivity index (χ3n) is 3.74. The minimum Gasteiger partial charge on any atom is -0.339 e. The predicted molar refractivity (Wildman–Crippen MR) is 95.7 cm³/mol. The van der Waals surface area contributed by atoms with E-state index in [1.54, 1.807) is 24.3 Å². The molecule has 1 aromatic carbocycles. The highest BCUT2D eigenvalue weighted by molar-refractivity contribution is 5.95. The molecule has 2 amide bonds. The fourth-order valence-corrected chi connectivity index (χ4v) is 2.34. The van der Waals surface area contributed by atoms with Gasteiger partial charge in [-0.25, -0.2) is 0 Å². The maximum Gasteiger partial charge on any atom is 0.253 e. The molecule has 0 aliphatic heterocycles. The Labute approximate surface area is 140 Å². The second kappa shape index (κ2) is 10.8. The standard InChI is InChI=1S/C19H30N2O2/c1-4-7-14-21(15-8-5-2)19(23)16-10-12-17(13-11-16)20-18(22)9-6-3/h10-13H,4-9,14-15H2,1-3H3,(H,20,22). The number of amides is 2. The van der Waals surface area contributed by atoms with Crippen molar-refractivity contribution in [2.24, 2.45) is 0 Å². The van der Waals surface area contributed by atoms with Crippen LogP contribution in [0, 0.1) is 0 Å². The lowest BCUT2D eigenvalue weighted by molar-refractivity contribution is -0.116. The lowest BCUT2D eigenvalue weighted by Crippen LogP contribution is -2.32. The van der Waals surface area contributed by atoms with Crippen LogP contribution >= 0.6 is 0 Å². The predicted octanol–water partition coefficient (Wildman–Crippen LogP) is 4.47. The van der Waals surface area contributed by atoms with Gasteiger partial charge >= 0.3 is 0 Å². The Morgan fingerprint density at radius 2 is 1.48 bits per heavy atom. The average Bonchev–Trinajstić information content (AvgIpc) is 2.55. The Hall–Kier alpha value is -1.84. The van der Waals surface area contributed by atoms with E-state index >= 15 is 0 Å². The third kappa shape index (κ3) is 6.85. The summed E-state index contributed by atoms with van der Waals surface area (Å²) in [6.45, 7) is 7.86. The molecule has 0 spiro atoms. The first-order valence-corrected chi connectivity index (χ1v) is 8.81. The Bertz CT molecular complexity index is 475. The van der Waals surface area contributed by atoms with Crippen molar-refractivity contribution < 1.29 is 9.59 Å². The number of anilines is 1. The smallest absolute Gasteiger partial charge is 0.253 e. The summed E-state index contributed by atoms with van der Waals surface area (Å²) in [5.74, 6) is 0.0948. The lowest BCUT2D eigenvalue weighted by Gasteiger charge is -2.22. The van der Waals surface area contributed by atoms with Crippen LogP contribution in [0.5, 0.6) is 0 Å². The summed E-state index contributed by atoms with van der Waals surface area (Å²) in [5, 5.41) is 2.84. The van der Waals surface area contributed by atoms with Crippen molar-refractivity contribution in [3.05, 3.63) is 29.8 Å². The van der Waals surface area contributed by atoms with Crippen molar-refractivity contribution in [1.29, 1.82) is 0 Å². The van der Waals surface area contributed by atoms with Crippen LogP contribution in [0.1, 0.15) is 69.7 Å². The van der Waals surface area contributed by atoms with Gasteiger partial charge in [-0.1, -0.05) is 33.6 Å². The molecule has 0 aromatic heterocycles. The van der Waals surface area contributed by atoms with E-state index in [2.05, 4.69) is 19.2 Å². The molecule has 0 unspecified atom stereocenters. The molecule has 1 aromatic rings. The van der Waals surface area contributed by atoms with Crippen LogP contribution in [0.2, 0.25) is 0 Å². The Morgan fingerprint density at radius 3 is 1.96 bits per heavy atom. The molecule has 0 atom stereocenters. The van der Waals surface area contributed by atoms with E-state index in [4.69, 9.17) is 0 Å². The van der Waals surface area contributed by atoms with Crippen LogP contribution in [0.3, 0.4) is 0 Å². The van der Waals surface area contributed by atoms with E-state index in [9.17, 15) is 9.59 Å². The quantitative estimate of drug-likeness (QED) is 0.692. The van der Waals surface area contributed by atoms with Crippen LogP contribution in [-0.4, -0.2) is 29.8 Å². The molecule has 0 bridgehead atoms. The third-order valence-corrected chi connectivity index (χ3v) is 3.74. The van der Waals surface area contributed by atoms with Crippen molar-refractivity contribution in [1.82, 2.24) is 4.90 Å². The van der Waals surface area contributed by atoms with Gasteiger partial charge in [-0.15, -0.1) is 0 Å². The van der Waals surface area contributed by atoms with Gasteiger partial charge in [0.25, 0.3) is 5.91 Å². The van der Waals surface area contributed by atoms with E-state index in [1.165, 1.54) is 0 Å². The maximum atomic E-state index is 12.6. The van der Waals surface area contributed by atoms with E-state index in [-0.39, 0.29) is 11.8 Å². The molecule has 1 rings (SSSR count). The molecule has 23 heavy (non-hydrogen) atoms. The number of rotatable bonds is 10. The number of unbranched alkanes of at least 4 members (excludes halogenated alkanes) is 2. The van der Waals surface area contributed by atoms with Crippen molar-refractivity contribution in [2.75, 3.05) is 18.4 Å². The van der Waals surface area contributed by atoms with Gasteiger partial charge in [-0.05, 0) is 43.5 Å². The number of carbonyl (C=O) groups excluding carboxylic acids is 2. The second-order valence-corrected chi connectivity index (χ2v) is 5.87. The molecule has 0 aliphatic carbocycles. The molecule has 0 saturated heterocycles. The zero-order chi connectivity index (χ0) is 17.1. The van der Waals surface area contributed by atoms with Crippen LogP contribution in [0.25, 0.3) is 0 Å². The zero-order valence-corrected chi connectivity index (χ0v) is 14.7. The molecular formula is C19H30N2O2. The van der Waals surface area contributed by atoms with Gasteiger partial charge in [0.15, 0.2) is 0 Å². The van der Waals surface area contributed by atoms with E-state index in [1.807, 2.05) is 11.8 Å². The Kier molecular flexibility index (Phi) is 9.03. The van der Waals surface area contributed by atoms with Crippen molar-refractivity contribution in [3.63, 3.8) is 0 Å². The van der Waals surface area contributed by atoms with Crippen molar-refractivity contribution in [3.8, 4) is 0 Å². The number of hydrogen-bond donors (Lipinski definition) is 1. The van der Waals surface area contributed by atoms with E-state index in [0.29, 0.717) is 12.0 Å². The SMILES string of the molecule is CCCCN(CCCC)C(=O)c1ccc(NC(=O)CCC)cc1. The molecule has 0 aliphatic rings. The van der Waals surface area contributed by atoms with Crippen LogP contribution in [0.15, 0.2) is 24.3 Å². The highest BCUT2D eigenvalue weighted by Gasteiger charge is 2.14. The van der Waals surface area contributed by atoms with Crippen LogP contribution in [0.4, 0.5) is 5.69 Å². The van der Waals surface area contributed by atoms with Gasteiger partial charge in [0.2, 0.25) is 5.91 Å². The van der Waals surface area contributed by atoms with Gasteiger partial charge in [0.05, 0.1) is 0 Å². The maximum absolute atomic E-state index is 12.6. The number of benzene rings is 1. The number of hydrogen-bond acceptors (Lipinski definition) is 2. The van der Waals surface area contributed by atoms with Gasteiger partial charge in [0.1, 0.15) is 0 Å². The highest BCUT2D eigenvalue weighted by Crippen LogP contribution is 2.13. The Morgan fingerprint density at radius 1 is 0.913 bits per heavy atom. The normalized spacial score (nSPS) is 10.4. The van der Waals surface area contributed by atoms with Crippen molar-refractivity contribution >= 4 is 17.5 Å². The number of nitrogens with zero attached hydrogens (tertiary/aromatic N) is 1. The summed E-state index contributed by atoms with van der Waals surface area (Å²) >= 11 is 0. The summed E-state index contributed by atoms with van der Waals surface area (Å²) in [6.07, 6.45) is 5.56. The minimum atomic E-state index is 0.0131. The largest absolute Gasteiger partial charge is 0.339 e. The summed E-state index contributed by atoms with van der Waals surface area (Å²) in [6, 6.07) is 7.21. The molecule has 4 nitrogen and oxygen atoms in total. The van der Waals surface area contributed by atoms with E-state index in [0.717, 1.165) is 50.9 Å². The summed E-state index contributed by atoms with van der Waals surface area (Å²) in [7, 11) is 0. The first-order chi connectivity index (χ1) is 11.1. The van der Waals surface area contributed by atoms with Crippen molar-refractivity contribution in [2.45, 2.75) is 59.3 Å². The molecule has 0 radical (unpaired) electrons. The monoisotopic (exact) mass is 318 g/mol. The molecule has 0 saturated carbocycles. The fourth-order valence-electron chi connectivity index (χ4n) is 2.34. The average molecular weight is 318 g/mol. The topological polar surface area (TPSA) is 49.4 Å². The first kappa shape index (κ1) is 19.2. The molecule has 0 fully saturated rings. The molecule has 4 heteroatoms. The van der Waals surface area contributed by atoms with E-state index < -0.39 is 0 Å². The van der Waals surface area contributed by atoms with Crippen LogP contribution in [-0.2, 0) is 4.79 Å². The molecule has 128 valence electrons. The fraction of sp³-hybridized carbons (Fsp3) is 0.579. The zero-order valence-electron chi connectivity index (χ0n) is 14.7. The lowest BCUT2D eigenvalue weighted by atomic mass is 10.1. The molecule has 0 heterocycles. The summed E-state index contributed by atoms with van der Waals surface area (Å²) < 4.78 is 0. The summed E-state index contributed by atoms with van der Waals surface area (Å²) in [4.78, 5) is 26.2. The minimum absolute atomic E-state index is 0.0131. The van der Waals surface area contributed by atoms with Gasteiger partial charge < -0.3 is 10.2 Å². The van der Waals surface area contributed by atoms with Crippen LogP contribution < -0.4 is 5.32 Å². The number of nitrogens with one attached hydrogen (secondary N) is 1. The number of carbonyl (C=O) groups is 2. The first-order valence-electron chi connectivity index (χ1n) is 8.81. The van der Waals surface area contributed by atoms with Gasteiger partial charge in [0, 0.05) is 30.8 Å².